The maximum absolute atomic E-state index is 5.73. The molecular weight excluding hydrogens is 1050 g/mol. The second kappa shape index (κ2) is 25.0. The van der Waals surface area contributed by atoms with Crippen molar-refractivity contribution < 1.29 is 0 Å². The van der Waals surface area contributed by atoms with Crippen LogP contribution in [0.5, 0.6) is 0 Å². The zero-order chi connectivity index (χ0) is 45.8. The molecule has 11 heteroatoms. The Kier molecular flexibility index (Phi) is 18.9. The Bertz CT molecular complexity index is 2570. The van der Waals surface area contributed by atoms with Gasteiger partial charge in [-0.2, -0.15) is 0 Å². The van der Waals surface area contributed by atoms with Crippen LogP contribution in [0.3, 0.4) is 0 Å². The summed E-state index contributed by atoms with van der Waals surface area (Å²) in [6, 6.07) is 18.5. The second-order valence-corrected chi connectivity index (χ2v) is 26.3. The summed E-state index contributed by atoms with van der Waals surface area (Å²) in [5.41, 5.74) is 11.5. The zero-order valence-corrected chi connectivity index (χ0v) is 47.1. The van der Waals surface area contributed by atoms with Crippen molar-refractivity contribution >= 4 is 111 Å². The number of thiophene rings is 6. The SMILES string of the molecule is CCCCCCc1cc(-c2sc(-c3cnc(-c4cc(CCCCCC)c(-c5cc(CCCCCC)c(Br)s5)s4)c4nc(-c5cccs5)c(-c5cccs5)nc34)cc2CCCCCC)sc1Br. The molecule has 0 unspecified atom stereocenters. The first-order valence-electron chi connectivity index (χ1n) is 24.5. The van der Waals surface area contributed by atoms with Gasteiger partial charge in [0.25, 0.3) is 0 Å². The van der Waals surface area contributed by atoms with Crippen molar-refractivity contribution in [2.45, 2.75) is 156 Å². The van der Waals surface area contributed by atoms with Crippen LogP contribution < -0.4 is 0 Å². The smallest absolute Gasteiger partial charge is 0.117 e. The minimum Gasteiger partial charge on any atom is -0.252 e. The van der Waals surface area contributed by atoms with Gasteiger partial charge in [-0.1, -0.05) is 117 Å². The summed E-state index contributed by atoms with van der Waals surface area (Å²) < 4.78 is 2.56. The van der Waals surface area contributed by atoms with E-state index < -0.39 is 0 Å². The first-order chi connectivity index (χ1) is 32.4. The Hall–Kier alpha value is -2.35. The zero-order valence-electron chi connectivity index (χ0n) is 39.0. The van der Waals surface area contributed by atoms with E-state index in [0.717, 1.165) is 69.1 Å². The van der Waals surface area contributed by atoms with Crippen LogP contribution in [-0.2, 0) is 25.7 Å². The Labute approximate surface area is 434 Å². The summed E-state index contributed by atoms with van der Waals surface area (Å²) >= 11 is 19.1. The van der Waals surface area contributed by atoms with Crippen LogP contribution in [-0.4, -0.2) is 15.0 Å². The molecule has 0 atom stereocenters. The predicted molar refractivity (Wildman–Crippen MR) is 304 cm³/mol. The van der Waals surface area contributed by atoms with Crippen molar-refractivity contribution in [3.8, 4) is 61.7 Å². The van der Waals surface area contributed by atoms with Gasteiger partial charge in [0, 0.05) is 36.1 Å². The molecule has 0 aliphatic carbocycles. The average molecular weight is 1120 g/mol. The molecule has 0 aromatic carbocycles. The standard InChI is InChI=1S/C55H63Br2N3S6/c1-5-9-13-17-23-36-31-43(63-52(36)45-33-38(54(56)65-45)25-19-15-11-7-3)40-35-58-48(51-47(40)59-49(41-27-21-29-61-41)50(60-51)42-28-22-30-62-42)44-32-37(24-18-14-10-6-2)53(64-44)46-34-39(55(57)66-46)26-20-16-12-8-4/h21-22,27-35H,5-20,23-26H2,1-4H3. The van der Waals surface area contributed by atoms with E-state index in [1.807, 2.05) is 45.3 Å². The van der Waals surface area contributed by atoms with Crippen molar-refractivity contribution in [2.24, 2.45) is 0 Å². The van der Waals surface area contributed by atoms with Crippen molar-refractivity contribution in [2.75, 3.05) is 0 Å². The molecule has 66 heavy (non-hydrogen) atoms. The van der Waals surface area contributed by atoms with Crippen molar-refractivity contribution in [3.05, 3.63) is 95.3 Å². The second-order valence-electron chi connectivity index (χ2n) is 17.6. The van der Waals surface area contributed by atoms with E-state index >= 15 is 0 Å². The number of unbranched alkanes of at least 4 members (excludes halogenated alkanes) is 12. The maximum atomic E-state index is 5.73. The summed E-state index contributed by atoms with van der Waals surface area (Å²) in [5, 5.41) is 4.30. The Morgan fingerprint density at radius 2 is 0.848 bits per heavy atom. The minimum atomic E-state index is 0.887. The van der Waals surface area contributed by atoms with Gasteiger partial charge in [-0.15, -0.1) is 68.0 Å². The van der Waals surface area contributed by atoms with Gasteiger partial charge >= 0.3 is 0 Å². The van der Waals surface area contributed by atoms with Crippen LogP contribution in [0.25, 0.3) is 72.7 Å². The van der Waals surface area contributed by atoms with E-state index in [4.69, 9.17) is 15.0 Å². The van der Waals surface area contributed by atoms with Crippen LogP contribution in [0.2, 0.25) is 0 Å². The van der Waals surface area contributed by atoms with Gasteiger partial charge in [0.1, 0.15) is 28.1 Å². The Balaban J connectivity index is 1.28. The molecule has 0 amide bonds. The van der Waals surface area contributed by atoms with E-state index in [9.17, 15) is 0 Å². The third-order valence-electron chi connectivity index (χ3n) is 12.5. The fourth-order valence-electron chi connectivity index (χ4n) is 8.81. The van der Waals surface area contributed by atoms with Crippen molar-refractivity contribution in [1.29, 1.82) is 0 Å². The molecule has 348 valence electrons. The van der Waals surface area contributed by atoms with Crippen LogP contribution in [0.4, 0.5) is 0 Å². The van der Waals surface area contributed by atoms with Gasteiger partial charge in [0.05, 0.1) is 22.2 Å². The first kappa shape index (κ1) is 50.1. The van der Waals surface area contributed by atoms with Crippen LogP contribution in [0, 0.1) is 0 Å². The lowest BCUT2D eigenvalue weighted by Crippen LogP contribution is -1.98. The predicted octanol–water partition coefficient (Wildman–Crippen LogP) is 21.4. The van der Waals surface area contributed by atoms with E-state index in [1.165, 1.54) is 162 Å². The lowest BCUT2D eigenvalue weighted by molar-refractivity contribution is 0.667. The minimum absolute atomic E-state index is 0.887. The number of fused-ring (bicyclic) bond motifs is 1. The maximum Gasteiger partial charge on any atom is 0.117 e. The molecule has 0 bridgehead atoms. The molecule has 0 spiro atoms. The van der Waals surface area contributed by atoms with E-state index in [0.29, 0.717) is 0 Å². The van der Waals surface area contributed by atoms with Gasteiger partial charge in [0.2, 0.25) is 0 Å². The third kappa shape index (κ3) is 12.1. The summed E-state index contributed by atoms with van der Waals surface area (Å²) in [4.78, 5) is 27.1. The fraction of sp³-hybridized carbons (Fsp3) is 0.436. The fourth-order valence-corrected chi connectivity index (χ4v) is 16.5. The van der Waals surface area contributed by atoms with Gasteiger partial charge < -0.3 is 0 Å². The number of hydrogen-bond donors (Lipinski definition) is 0. The highest BCUT2D eigenvalue weighted by Crippen LogP contribution is 2.49. The number of aromatic nitrogens is 3. The Morgan fingerprint density at radius 1 is 0.424 bits per heavy atom. The number of hydrogen-bond acceptors (Lipinski definition) is 9. The Morgan fingerprint density at radius 3 is 1.30 bits per heavy atom. The monoisotopic (exact) mass is 1120 g/mol. The largest absolute Gasteiger partial charge is 0.252 e. The number of halogens is 2. The molecule has 0 aliphatic heterocycles. The molecule has 0 radical (unpaired) electrons. The summed E-state index contributed by atoms with van der Waals surface area (Å²) in [6.45, 7) is 9.18. The molecule has 8 heterocycles. The van der Waals surface area contributed by atoms with Crippen LogP contribution >= 0.6 is 99.9 Å². The highest BCUT2D eigenvalue weighted by molar-refractivity contribution is 9.11. The molecule has 3 nitrogen and oxygen atoms in total. The van der Waals surface area contributed by atoms with Crippen LogP contribution in [0.15, 0.2) is 73.1 Å². The lowest BCUT2D eigenvalue weighted by Gasteiger charge is -2.12. The average Bonchev–Trinajstić information content (AvgIpc) is 4.20. The van der Waals surface area contributed by atoms with Gasteiger partial charge in [-0.3, -0.25) is 4.98 Å². The van der Waals surface area contributed by atoms with E-state index in [-0.39, 0.29) is 0 Å². The highest BCUT2D eigenvalue weighted by Gasteiger charge is 2.25. The molecular formula is C55H63Br2N3S6. The molecule has 8 aromatic heterocycles. The van der Waals surface area contributed by atoms with Crippen molar-refractivity contribution in [1.82, 2.24) is 15.0 Å². The summed E-state index contributed by atoms with van der Waals surface area (Å²) in [5.74, 6) is 0. The molecule has 0 saturated heterocycles. The normalized spacial score (nSPS) is 11.8. The van der Waals surface area contributed by atoms with Crippen LogP contribution in [0.1, 0.15) is 153 Å². The van der Waals surface area contributed by atoms with E-state index in [2.05, 4.69) is 125 Å². The number of aryl methyl sites for hydroxylation is 4. The molecule has 0 saturated carbocycles. The summed E-state index contributed by atoms with van der Waals surface area (Å²) in [6.07, 6.45) is 26.6. The summed E-state index contributed by atoms with van der Waals surface area (Å²) in [7, 11) is 0. The van der Waals surface area contributed by atoms with Crippen molar-refractivity contribution in [3.63, 3.8) is 0 Å². The topological polar surface area (TPSA) is 38.7 Å². The van der Waals surface area contributed by atoms with Gasteiger partial charge in [-0.25, -0.2) is 9.97 Å². The lowest BCUT2D eigenvalue weighted by atomic mass is 10.0. The van der Waals surface area contributed by atoms with Gasteiger partial charge in [0.15, 0.2) is 0 Å². The third-order valence-corrected chi connectivity index (χ3v) is 20.9. The number of nitrogens with zero attached hydrogens (tertiary/aromatic N) is 3. The number of rotatable bonds is 26. The first-order valence-corrected chi connectivity index (χ1v) is 31.1. The van der Waals surface area contributed by atoms with Gasteiger partial charge in [-0.05, 0) is 153 Å². The number of pyridine rings is 1. The molecule has 0 aliphatic rings. The highest BCUT2D eigenvalue weighted by atomic mass is 79.9. The molecule has 0 fully saturated rings. The molecule has 8 aromatic rings. The molecule has 8 rings (SSSR count). The van der Waals surface area contributed by atoms with E-state index in [1.54, 1.807) is 22.7 Å². The molecule has 0 N–H and O–H groups in total. The quantitative estimate of drug-likeness (QED) is 0.0507.